The van der Waals surface area contributed by atoms with Crippen molar-refractivity contribution in [3.05, 3.63) is 0 Å². The molecule has 3 saturated heterocycles. The summed E-state index contributed by atoms with van der Waals surface area (Å²) in [6.07, 6.45) is -24.4. The molecule has 0 amide bonds. The Bertz CT molecular complexity index is 639. The summed E-state index contributed by atoms with van der Waals surface area (Å²) >= 11 is 0. The zero-order valence-corrected chi connectivity index (χ0v) is 17.7. The summed E-state index contributed by atoms with van der Waals surface area (Å²) in [5, 5.41) is 108. The molecule has 3 fully saturated rings. The number of hydrogen-bond acceptors (Lipinski definition) is 16. The molecule has 3 aliphatic heterocycles. The normalized spacial score (nSPS) is 52.5. The highest BCUT2D eigenvalue weighted by atomic mass is 16.7. The predicted octanol–water partition coefficient (Wildman–Crippen LogP) is -7.57. The highest BCUT2D eigenvalue weighted by Gasteiger charge is 2.48. The van der Waals surface area contributed by atoms with E-state index in [2.05, 4.69) is 0 Å². The van der Waals surface area contributed by atoms with E-state index in [9.17, 15) is 56.2 Å². The number of aliphatic hydroxyl groups excluding tert-OH is 11. The van der Waals surface area contributed by atoms with Gasteiger partial charge in [0.1, 0.15) is 73.2 Å². The van der Waals surface area contributed by atoms with E-state index in [0.717, 1.165) is 0 Å². The van der Waals surface area contributed by atoms with Gasteiger partial charge in [-0.05, 0) is 0 Å². The first-order valence-electron chi connectivity index (χ1n) is 10.6. The highest BCUT2D eigenvalue weighted by molar-refractivity contribution is 4.92. The third-order valence-electron chi connectivity index (χ3n) is 6.05. The lowest BCUT2D eigenvalue weighted by atomic mass is 9.98. The topological polar surface area (TPSA) is 269 Å². The van der Waals surface area contributed by atoms with Gasteiger partial charge >= 0.3 is 0 Å². The molecule has 16 heteroatoms. The summed E-state index contributed by atoms with van der Waals surface area (Å²) < 4.78 is 26.1. The molecular formula is C18H32O16. The standard InChI is InChI=1S/C18H32O16/c19-1-4-7(20)11(24)14(27)17(33-4)31-3-6-9(22)12(25)15(28)18(34-6)30-2-5-8(21)10(23)13(26)16(29)32-5/h4-29H,1-3H2/t4-,5-,6-,7-,8-,9+,10+,11+,12+,13+,14-,15-,16+,17+,18-/m1/s1. The molecular weight excluding hydrogens is 472 g/mol. The smallest absolute Gasteiger partial charge is 0.186 e. The van der Waals surface area contributed by atoms with Crippen LogP contribution in [0.5, 0.6) is 0 Å². The summed E-state index contributed by atoms with van der Waals surface area (Å²) in [6.45, 7) is -1.84. The van der Waals surface area contributed by atoms with Crippen LogP contribution in [0, 0.1) is 0 Å². The largest absolute Gasteiger partial charge is 0.394 e. The predicted molar refractivity (Wildman–Crippen MR) is 101 cm³/mol. The Balaban J connectivity index is 1.58. The van der Waals surface area contributed by atoms with Crippen molar-refractivity contribution in [3.8, 4) is 0 Å². The van der Waals surface area contributed by atoms with Crippen LogP contribution in [0.2, 0.25) is 0 Å². The molecule has 3 aliphatic rings. The molecule has 0 saturated carbocycles. The molecule has 0 bridgehead atoms. The van der Waals surface area contributed by atoms with Crippen molar-refractivity contribution in [2.75, 3.05) is 19.8 Å². The molecule has 3 heterocycles. The lowest BCUT2D eigenvalue weighted by Crippen LogP contribution is -2.62. The zero-order valence-electron chi connectivity index (χ0n) is 17.7. The van der Waals surface area contributed by atoms with Crippen LogP contribution in [0.1, 0.15) is 0 Å². The highest BCUT2D eigenvalue weighted by Crippen LogP contribution is 2.27. The van der Waals surface area contributed by atoms with E-state index in [1.807, 2.05) is 0 Å². The Morgan fingerprint density at radius 2 is 0.824 bits per heavy atom. The van der Waals surface area contributed by atoms with Crippen LogP contribution < -0.4 is 0 Å². The Labute approximate surface area is 192 Å². The Morgan fingerprint density at radius 1 is 0.441 bits per heavy atom. The summed E-state index contributed by atoms with van der Waals surface area (Å²) in [6, 6.07) is 0. The van der Waals surface area contributed by atoms with Crippen molar-refractivity contribution in [3.63, 3.8) is 0 Å². The van der Waals surface area contributed by atoms with Gasteiger partial charge in [0.2, 0.25) is 0 Å². The van der Waals surface area contributed by atoms with Crippen LogP contribution in [0.15, 0.2) is 0 Å². The van der Waals surface area contributed by atoms with Crippen LogP contribution in [-0.4, -0.2) is 168 Å². The second-order valence-corrected chi connectivity index (χ2v) is 8.42. The van der Waals surface area contributed by atoms with Gasteiger partial charge in [-0.3, -0.25) is 0 Å². The van der Waals surface area contributed by atoms with E-state index in [-0.39, 0.29) is 0 Å². The molecule has 0 unspecified atom stereocenters. The third kappa shape index (κ3) is 5.68. The number of aliphatic hydroxyl groups is 11. The van der Waals surface area contributed by atoms with Crippen molar-refractivity contribution in [2.45, 2.75) is 92.1 Å². The first-order chi connectivity index (χ1) is 16.0. The molecule has 16 nitrogen and oxygen atoms in total. The molecule has 0 spiro atoms. The second kappa shape index (κ2) is 11.6. The van der Waals surface area contributed by atoms with Gasteiger partial charge < -0.3 is 79.9 Å². The number of rotatable bonds is 7. The average molecular weight is 504 g/mol. The molecule has 0 aromatic rings. The Hall–Kier alpha value is -0.640. The minimum atomic E-state index is -1.82. The third-order valence-corrected chi connectivity index (χ3v) is 6.05. The average Bonchev–Trinajstić information content (AvgIpc) is 2.82. The van der Waals surface area contributed by atoms with Gasteiger partial charge in [0, 0.05) is 0 Å². The van der Waals surface area contributed by atoms with Gasteiger partial charge in [-0.2, -0.15) is 0 Å². The maximum atomic E-state index is 10.2. The van der Waals surface area contributed by atoms with Crippen molar-refractivity contribution in [1.82, 2.24) is 0 Å². The molecule has 3 rings (SSSR count). The van der Waals surface area contributed by atoms with E-state index in [1.165, 1.54) is 0 Å². The van der Waals surface area contributed by atoms with Crippen LogP contribution in [0.25, 0.3) is 0 Å². The molecule has 0 radical (unpaired) electrons. The van der Waals surface area contributed by atoms with Gasteiger partial charge in [0.15, 0.2) is 18.9 Å². The maximum Gasteiger partial charge on any atom is 0.186 e. The Morgan fingerprint density at radius 3 is 1.29 bits per heavy atom. The molecule has 0 aliphatic carbocycles. The first kappa shape index (κ1) is 27.9. The quantitative estimate of drug-likeness (QED) is 0.154. The van der Waals surface area contributed by atoms with Gasteiger partial charge in [-0.1, -0.05) is 0 Å². The second-order valence-electron chi connectivity index (χ2n) is 8.42. The molecule has 11 N–H and O–H groups in total. The maximum absolute atomic E-state index is 10.2. The summed E-state index contributed by atoms with van der Waals surface area (Å²) in [5.41, 5.74) is 0. The SMILES string of the molecule is OC[C@H]1O[C@H](OC[C@H]2O[C@@H](OC[C@H]3O[C@H](O)[C@@H](O)[C@@H](O)[C@@H]3O)[C@H](O)[C@@H](O)[C@H]2O)[C@H](O)[C@@H](O)[C@@H]1O. The van der Waals surface area contributed by atoms with Crippen molar-refractivity contribution in [2.24, 2.45) is 0 Å². The lowest BCUT2D eigenvalue weighted by molar-refractivity contribution is -0.340. The van der Waals surface area contributed by atoms with Gasteiger partial charge in [0.05, 0.1) is 19.8 Å². The van der Waals surface area contributed by atoms with E-state index in [4.69, 9.17) is 23.7 Å². The van der Waals surface area contributed by atoms with Crippen LogP contribution in [-0.2, 0) is 23.7 Å². The number of ether oxygens (including phenoxy) is 5. The fraction of sp³-hybridized carbons (Fsp3) is 1.00. The molecule has 200 valence electrons. The van der Waals surface area contributed by atoms with Crippen molar-refractivity contribution >= 4 is 0 Å². The van der Waals surface area contributed by atoms with Gasteiger partial charge in [-0.15, -0.1) is 0 Å². The summed E-state index contributed by atoms with van der Waals surface area (Å²) in [4.78, 5) is 0. The number of hydrogen-bond donors (Lipinski definition) is 11. The molecule has 15 atom stereocenters. The first-order valence-corrected chi connectivity index (χ1v) is 10.6. The van der Waals surface area contributed by atoms with Crippen LogP contribution >= 0.6 is 0 Å². The van der Waals surface area contributed by atoms with Gasteiger partial charge in [-0.25, -0.2) is 0 Å². The minimum absolute atomic E-state index is 0.570. The zero-order chi connectivity index (χ0) is 25.3. The summed E-state index contributed by atoms with van der Waals surface area (Å²) in [7, 11) is 0. The van der Waals surface area contributed by atoms with E-state index >= 15 is 0 Å². The minimum Gasteiger partial charge on any atom is -0.394 e. The summed E-state index contributed by atoms with van der Waals surface area (Å²) in [5.74, 6) is 0. The van der Waals surface area contributed by atoms with Crippen LogP contribution in [0.3, 0.4) is 0 Å². The molecule has 0 aromatic heterocycles. The fourth-order valence-electron chi connectivity index (χ4n) is 3.84. The van der Waals surface area contributed by atoms with Crippen molar-refractivity contribution < 1.29 is 79.9 Å². The van der Waals surface area contributed by atoms with Crippen LogP contribution in [0.4, 0.5) is 0 Å². The monoisotopic (exact) mass is 504 g/mol. The molecule has 0 aromatic carbocycles. The van der Waals surface area contributed by atoms with Crippen molar-refractivity contribution in [1.29, 1.82) is 0 Å². The van der Waals surface area contributed by atoms with Gasteiger partial charge in [0.25, 0.3) is 0 Å². The molecule has 34 heavy (non-hydrogen) atoms. The fourth-order valence-corrected chi connectivity index (χ4v) is 3.84. The van der Waals surface area contributed by atoms with E-state index in [0.29, 0.717) is 0 Å². The lowest BCUT2D eigenvalue weighted by Gasteiger charge is -2.43. The van der Waals surface area contributed by atoms with E-state index in [1.54, 1.807) is 0 Å². The van der Waals surface area contributed by atoms with E-state index < -0.39 is 112 Å². The Kier molecular flexibility index (Phi) is 9.54.